The van der Waals surface area contributed by atoms with Crippen LogP contribution in [0.15, 0.2) is 71.7 Å². The summed E-state index contributed by atoms with van der Waals surface area (Å²) in [5, 5.41) is 4.37. The fourth-order valence-electron chi connectivity index (χ4n) is 3.94. The molecule has 8 nitrogen and oxygen atoms in total. The smallest absolute Gasteiger partial charge is 0.316 e. The Bertz CT molecular complexity index is 1380. The van der Waals surface area contributed by atoms with Gasteiger partial charge in [0.15, 0.2) is 0 Å². The minimum Gasteiger partial charge on any atom is -0.482 e. The lowest BCUT2D eigenvalue weighted by Crippen LogP contribution is -2.50. The van der Waals surface area contributed by atoms with Crippen LogP contribution in [-0.2, 0) is 10.0 Å². The molecule has 0 radical (unpaired) electrons. The molecule has 36 heavy (non-hydrogen) atoms. The van der Waals surface area contributed by atoms with E-state index in [0.717, 1.165) is 5.56 Å². The van der Waals surface area contributed by atoms with Crippen LogP contribution in [0.4, 0.5) is 5.69 Å². The van der Waals surface area contributed by atoms with E-state index in [2.05, 4.69) is 5.10 Å². The lowest BCUT2D eigenvalue weighted by atomic mass is 10.2. The van der Waals surface area contributed by atoms with Gasteiger partial charge in [-0.05, 0) is 43.7 Å². The lowest BCUT2D eigenvalue weighted by Gasteiger charge is -2.36. The van der Waals surface area contributed by atoms with Crippen LogP contribution in [-0.4, -0.2) is 60.5 Å². The molecule has 1 aliphatic rings. The second-order valence-electron chi connectivity index (χ2n) is 8.66. The molecule has 190 valence electrons. The molecule has 4 rings (SSSR count). The molecule has 3 aromatic rings. The van der Waals surface area contributed by atoms with E-state index in [1.54, 1.807) is 44.3 Å². The average Bonchev–Trinajstić information content (AvgIpc) is 2.88. The zero-order chi connectivity index (χ0) is 25.7. The minimum atomic E-state index is -3.34. The van der Waals surface area contributed by atoms with Gasteiger partial charge in [0.25, 0.3) is 0 Å². The van der Waals surface area contributed by atoms with E-state index >= 15 is 0 Å². The molecule has 2 aromatic carbocycles. The molecule has 0 amide bonds. The molecule has 10 heteroatoms. The van der Waals surface area contributed by atoms with Crippen molar-refractivity contribution in [2.75, 3.05) is 37.7 Å². The fraction of sp³-hybridized carbons (Fsp3) is 0.308. The maximum Gasteiger partial charge on any atom is 0.316 e. The van der Waals surface area contributed by atoms with E-state index < -0.39 is 20.8 Å². The SMILES string of the molecule is CC(C)S(=O)(=O)N1CCN(c2cnn(-c3cccc(Cl)c3)c(=O)c2OC/C=C/c2ccccc2)CC1. The van der Waals surface area contributed by atoms with Crippen LogP contribution in [0, 0.1) is 0 Å². The first kappa shape index (κ1) is 25.9. The van der Waals surface area contributed by atoms with Crippen molar-refractivity contribution < 1.29 is 13.2 Å². The monoisotopic (exact) mass is 528 g/mol. The zero-order valence-electron chi connectivity index (χ0n) is 20.2. The molecular formula is C26H29ClN4O4S. The summed E-state index contributed by atoms with van der Waals surface area (Å²) >= 11 is 6.13. The number of piperazine rings is 1. The summed E-state index contributed by atoms with van der Waals surface area (Å²) in [6.45, 7) is 5.02. The fourth-order valence-corrected chi connectivity index (χ4v) is 5.40. The first-order valence-electron chi connectivity index (χ1n) is 11.7. The van der Waals surface area contributed by atoms with E-state index in [4.69, 9.17) is 16.3 Å². The number of ether oxygens (including phenoxy) is 1. The summed E-state index contributed by atoms with van der Waals surface area (Å²) in [6, 6.07) is 16.7. The Morgan fingerprint density at radius 3 is 2.44 bits per heavy atom. The maximum atomic E-state index is 13.5. The van der Waals surface area contributed by atoms with Crippen LogP contribution < -0.4 is 15.2 Å². The van der Waals surface area contributed by atoms with Crippen molar-refractivity contribution in [1.82, 2.24) is 14.1 Å². The van der Waals surface area contributed by atoms with Crippen molar-refractivity contribution in [3.63, 3.8) is 0 Å². The van der Waals surface area contributed by atoms with E-state index in [9.17, 15) is 13.2 Å². The van der Waals surface area contributed by atoms with Crippen LogP contribution in [0.5, 0.6) is 5.75 Å². The van der Waals surface area contributed by atoms with Gasteiger partial charge >= 0.3 is 5.56 Å². The van der Waals surface area contributed by atoms with Crippen LogP contribution in [0.1, 0.15) is 19.4 Å². The van der Waals surface area contributed by atoms with Crippen LogP contribution >= 0.6 is 11.6 Å². The van der Waals surface area contributed by atoms with Crippen LogP contribution in [0.2, 0.25) is 5.02 Å². The highest BCUT2D eigenvalue weighted by atomic mass is 35.5. The molecule has 1 aliphatic heterocycles. The Hall–Kier alpha value is -3.14. The van der Waals surface area contributed by atoms with Gasteiger partial charge in [-0.15, -0.1) is 0 Å². The molecule has 0 saturated carbocycles. The number of hydrogen-bond donors (Lipinski definition) is 0. The summed E-state index contributed by atoms with van der Waals surface area (Å²) in [5.74, 6) is 0.155. The van der Waals surface area contributed by atoms with Gasteiger partial charge < -0.3 is 9.64 Å². The van der Waals surface area contributed by atoms with E-state index in [-0.39, 0.29) is 12.4 Å². The predicted octanol–water partition coefficient (Wildman–Crippen LogP) is 3.84. The normalized spacial score (nSPS) is 15.1. The molecule has 1 fully saturated rings. The summed E-state index contributed by atoms with van der Waals surface area (Å²) < 4.78 is 33.9. The highest BCUT2D eigenvalue weighted by Gasteiger charge is 2.31. The number of hydrogen-bond acceptors (Lipinski definition) is 6. The topological polar surface area (TPSA) is 84.7 Å². The Morgan fingerprint density at radius 1 is 1.06 bits per heavy atom. The van der Waals surface area contributed by atoms with Gasteiger partial charge in [0, 0.05) is 31.2 Å². The van der Waals surface area contributed by atoms with Gasteiger partial charge in [-0.3, -0.25) is 4.79 Å². The molecule has 1 aromatic heterocycles. The third-order valence-electron chi connectivity index (χ3n) is 5.94. The molecule has 0 aliphatic carbocycles. The number of sulfonamides is 1. The van der Waals surface area contributed by atoms with Crippen molar-refractivity contribution in [2.24, 2.45) is 0 Å². The number of rotatable bonds is 8. The second-order valence-corrected chi connectivity index (χ2v) is 11.6. The molecule has 0 spiro atoms. The number of aromatic nitrogens is 2. The lowest BCUT2D eigenvalue weighted by molar-refractivity contribution is 0.348. The highest BCUT2D eigenvalue weighted by Crippen LogP contribution is 2.27. The Labute approximate surface area is 216 Å². The van der Waals surface area contributed by atoms with Crippen molar-refractivity contribution in [3.8, 4) is 11.4 Å². The third-order valence-corrected chi connectivity index (χ3v) is 8.45. The largest absolute Gasteiger partial charge is 0.482 e. The Morgan fingerprint density at radius 2 is 1.78 bits per heavy atom. The maximum absolute atomic E-state index is 13.5. The number of anilines is 1. The number of nitrogens with zero attached hydrogens (tertiary/aromatic N) is 4. The van der Waals surface area contributed by atoms with Gasteiger partial charge in [0.05, 0.1) is 17.1 Å². The predicted molar refractivity (Wildman–Crippen MR) is 144 cm³/mol. The van der Waals surface area contributed by atoms with E-state index in [1.165, 1.54) is 8.99 Å². The number of benzene rings is 2. The molecule has 2 heterocycles. The molecule has 0 atom stereocenters. The first-order chi connectivity index (χ1) is 17.3. The van der Waals surface area contributed by atoms with Gasteiger partial charge in [0.1, 0.15) is 12.3 Å². The van der Waals surface area contributed by atoms with Crippen molar-refractivity contribution in [2.45, 2.75) is 19.1 Å². The van der Waals surface area contributed by atoms with Gasteiger partial charge in [-0.25, -0.2) is 8.42 Å². The van der Waals surface area contributed by atoms with Crippen LogP contribution in [0.25, 0.3) is 11.8 Å². The van der Waals surface area contributed by atoms with Gasteiger partial charge in [0.2, 0.25) is 15.8 Å². The first-order valence-corrected chi connectivity index (χ1v) is 13.6. The Balaban J connectivity index is 1.61. The minimum absolute atomic E-state index is 0.155. The standard InChI is InChI=1S/C26H29ClN4O4S/c1-20(2)36(33,34)30-15-13-29(14-16-30)24-19-28-31(23-12-6-11-22(27)18-23)26(32)25(24)35-17-7-10-21-8-4-3-5-9-21/h3-12,18-20H,13-17H2,1-2H3/b10-7+. The van der Waals surface area contributed by atoms with E-state index in [0.29, 0.717) is 42.6 Å². The molecule has 1 saturated heterocycles. The summed E-state index contributed by atoms with van der Waals surface area (Å²) in [5.41, 5.74) is 1.67. The third kappa shape index (κ3) is 5.80. The second kappa shape index (κ2) is 11.3. The average molecular weight is 529 g/mol. The molecular weight excluding hydrogens is 500 g/mol. The van der Waals surface area contributed by atoms with Crippen molar-refractivity contribution in [3.05, 3.63) is 87.8 Å². The molecule has 0 bridgehead atoms. The summed E-state index contributed by atoms with van der Waals surface area (Å²) in [7, 11) is -3.34. The number of halogens is 1. The molecule has 0 N–H and O–H groups in total. The highest BCUT2D eigenvalue weighted by molar-refractivity contribution is 7.89. The quantitative estimate of drug-likeness (QED) is 0.441. The summed E-state index contributed by atoms with van der Waals surface area (Å²) in [4.78, 5) is 15.4. The molecule has 0 unspecified atom stereocenters. The van der Waals surface area contributed by atoms with Crippen molar-refractivity contribution in [1.29, 1.82) is 0 Å². The van der Waals surface area contributed by atoms with E-state index in [1.807, 2.05) is 47.4 Å². The van der Waals surface area contributed by atoms with Crippen LogP contribution in [0.3, 0.4) is 0 Å². The zero-order valence-corrected chi connectivity index (χ0v) is 21.8. The van der Waals surface area contributed by atoms with Gasteiger partial charge in [-0.2, -0.15) is 14.1 Å². The Kier molecular flexibility index (Phi) is 8.13. The summed E-state index contributed by atoms with van der Waals surface area (Å²) in [6.07, 6.45) is 5.35. The van der Waals surface area contributed by atoms with Gasteiger partial charge in [-0.1, -0.05) is 54.1 Å². The van der Waals surface area contributed by atoms with Crippen molar-refractivity contribution >= 4 is 33.4 Å².